The average molecular weight is 292 g/mol. The summed E-state index contributed by atoms with van der Waals surface area (Å²) < 4.78 is 5.07. The van der Waals surface area contributed by atoms with Crippen molar-refractivity contribution in [1.82, 2.24) is 10.6 Å². The van der Waals surface area contributed by atoms with Gasteiger partial charge in [0.2, 0.25) is 5.91 Å². The SMILES string of the molecule is CCCCCNC(=O)CCNC(=O)c1cccc(OC)c1. The molecule has 1 rings (SSSR count). The van der Waals surface area contributed by atoms with Gasteiger partial charge in [-0.05, 0) is 24.6 Å². The first kappa shape index (κ1) is 17.0. The van der Waals surface area contributed by atoms with Crippen molar-refractivity contribution in [3.63, 3.8) is 0 Å². The molecule has 0 spiro atoms. The van der Waals surface area contributed by atoms with Crippen molar-refractivity contribution < 1.29 is 14.3 Å². The molecule has 21 heavy (non-hydrogen) atoms. The summed E-state index contributed by atoms with van der Waals surface area (Å²) in [6.45, 7) is 3.15. The van der Waals surface area contributed by atoms with Crippen molar-refractivity contribution in [1.29, 1.82) is 0 Å². The van der Waals surface area contributed by atoms with E-state index in [0.29, 0.717) is 30.8 Å². The topological polar surface area (TPSA) is 67.4 Å². The van der Waals surface area contributed by atoms with Gasteiger partial charge >= 0.3 is 0 Å². The Morgan fingerprint density at radius 1 is 1.14 bits per heavy atom. The highest BCUT2D eigenvalue weighted by atomic mass is 16.5. The molecular weight excluding hydrogens is 268 g/mol. The molecule has 0 fully saturated rings. The minimum Gasteiger partial charge on any atom is -0.497 e. The van der Waals surface area contributed by atoms with Crippen LogP contribution in [0.15, 0.2) is 24.3 Å². The van der Waals surface area contributed by atoms with E-state index in [0.717, 1.165) is 19.3 Å². The fourth-order valence-electron chi connectivity index (χ4n) is 1.85. The van der Waals surface area contributed by atoms with Crippen LogP contribution in [-0.4, -0.2) is 32.0 Å². The summed E-state index contributed by atoms with van der Waals surface area (Å²) >= 11 is 0. The second-order valence-corrected chi connectivity index (χ2v) is 4.79. The smallest absolute Gasteiger partial charge is 0.251 e. The Kier molecular flexibility index (Phi) is 7.94. The predicted octanol–water partition coefficient (Wildman–Crippen LogP) is 2.12. The molecule has 0 bridgehead atoms. The summed E-state index contributed by atoms with van der Waals surface area (Å²) in [6.07, 6.45) is 3.54. The molecule has 0 unspecified atom stereocenters. The van der Waals surface area contributed by atoms with E-state index in [2.05, 4.69) is 17.6 Å². The highest BCUT2D eigenvalue weighted by Crippen LogP contribution is 2.12. The van der Waals surface area contributed by atoms with E-state index in [1.165, 1.54) is 0 Å². The molecule has 0 atom stereocenters. The average Bonchev–Trinajstić information content (AvgIpc) is 2.51. The van der Waals surface area contributed by atoms with Gasteiger partial charge in [-0.3, -0.25) is 9.59 Å². The molecule has 5 nitrogen and oxygen atoms in total. The molecule has 2 N–H and O–H groups in total. The predicted molar refractivity (Wildman–Crippen MR) is 82.5 cm³/mol. The summed E-state index contributed by atoms with van der Waals surface area (Å²) in [5.74, 6) is 0.404. The van der Waals surface area contributed by atoms with Gasteiger partial charge < -0.3 is 15.4 Å². The van der Waals surface area contributed by atoms with Crippen LogP contribution in [0.4, 0.5) is 0 Å². The molecule has 2 amide bonds. The van der Waals surface area contributed by atoms with Gasteiger partial charge in [-0.2, -0.15) is 0 Å². The number of hydrogen-bond donors (Lipinski definition) is 2. The fourth-order valence-corrected chi connectivity index (χ4v) is 1.85. The number of carbonyl (C=O) groups is 2. The van der Waals surface area contributed by atoms with Crippen LogP contribution in [0.5, 0.6) is 5.75 Å². The molecule has 1 aromatic rings. The number of methoxy groups -OCH3 is 1. The lowest BCUT2D eigenvalue weighted by Crippen LogP contribution is -2.31. The fraction of sp³-hybridized carbons (Fsp3) is 0.500. The monoisotopic (exact) mass is 292 g/mol. The molecule has 0 heterocycles. The zero-order valence-corrected chi connectivity index (χ0v) is 12.8. The molecule has 0 aliphatic rings. The van der Waals surface area contributed by atoms with Crippen molar-refractivity contribution in [2.24, 2.45) is 0 Å². The number of amides is 2. The van der Waals surface area contributed by atoms with Gasteiger partial charge in [-0.1, -0.05) is 25.8 Å². The summed E-state index contributed by atoms with van der Waals surface area (Å²) in [4.78, 5) is 23.4. The molecule has 0 radical (unpaired) electrons. The van der Waals surface area contributed by atoms with Crippen molar-refractivity contribution in [2.75, 3.05) is 20.2 Å². The molecule has 0 aliphatic carbocycles. The van der Waals surface area contributed by atoms with Crippen LogP contribution < -0.4 is 15.4 Å². The Labute approximate surface area is 126 Å². The van der Waals surface area contributed by atoms with Crippen LogP contribution in [0.25, 0.3) is 0 Å². The number of carbonyl (C=O) groups excluding carboxylic acids is 2. The normalized spacial score (nSPS) is 10.0. The van der Waals surface area contributed by atoms with E-state index in [4.69, 9.17) is 4.74 Å². The molecule has 1 aromatic carbocycles. The van der Waals surface area contributed by atoms with E-state index >= 15 is 0 Å². The number of benzene rings is 1. The van der Waals surface area contributed by atoms with E-state index in [9.17, 15) is 9.59 Å². The molecule has 0 saturated heterocycles. The van der Waals surface area contributed by atoms with Crippen LogP contribution in [-0.2, 0) is 4.79 Å². The minimum atomic E-state index is -0.201. The van der Waals surface area contributed by atoms with Gasteiger partial charge in [0.25, 0.3) is 5.91 Å². The lowest BCUT2D eigenvalue weighted by atomic mass is 10.2. The minimum absolute atomic E-state index is 0.0305. The van der Waals surface area contributed by atoms with Crippen molar-refractivity contribution in [2.45, 2.75) is 32.6 Å². The van der Waals surface area contributed by atoms with Gasteiger partial charge in [0.1, 0.15) is 5.75 Å². The second-order valence-electron chi connectivity index (χ2n) is 4.79. The summed E-state index contributed by atoms with van der Waals surface area (Å²) in [5, 5.41) is 5.57. The Balaban J connectivity index is 2.25. The summed E-state index contributed by atoms with van der Waals surface area (Å²) in [6, 6.07) is 6.91. The zero-order chi connectivity index (χ0) is 15.5. The number of unbranched alkanes of at least 4 members (excludes halogenated alkanes) is 2. The van der Waals surface area contributed by atoms with E-state index < -0.39 is 0 Å². The zero-order valence-electron chi connectivity index (χ0n) is 12.8. The third-order valence-corrected chi connectivity index (χ3v) is 3.07. The Morgan fingerprint density at radius 3 is 2.67 bits per heavy atom. The van der Waals surface area contributed by atoms with Crippen LogP contribution in [0, 0.1) is 0 Å². The van der Waals surface area contributed by atoms with E-state index in [-0.39, 0.29) is 11.8 Å². The van der Waals surface area contributed by atoms with Crippen LogP contribution >= 0.6 is 0 Å². The molecule has 0 saturated carbocycles. The Morgan fingerprint density at radius 2 is 1.95 bits per heavy atom. The standard InChI is InChI=1S/C16H24N2O3/c1-3-4-5-10-17-15(19)9-11-18-16(20)13-7-6-8-14(12-13)21-2/h6-8,12H,3-5,9-11H2,1-2H3,(H,17,19)(H,18,20). The van der Waals surface area contributed by atoms with Crippen molar-refractivity contribution in [3.05, 3.63) is 29.8 Å². The molecular formula is C16H24N2O3. The third kappa shape index (κ3) is 6.79. The first-order chi connectivity index (χ1) is 10.2. The van der Waals surface area contributed by atoms with Crippen molar-refractivity contribution >= 4 is 11.8 Å². The van der Waals surface area contributed by atoms with Crippen LogP contribution in [0.2, 0.25) is 0 Å². The lowest BCUT2D eigenvalue weighted by Gasteiger charge is -2.07. The summed E-state index contributed by atoms with van der Waals surface area (Å²) in [5.41, 5.74) is 0.526. The molecule has 5 heteroatoms. The molecule has 0 aromatic heterocycles. The Hall–Kier alpha value is -2.04. The lowest BCUT2D eigenvalue weighted by molar-refractivity contribution is -0.120. The highest BCUT2D eigenvalue weighted by molar-refractivity contribution is 5.94. The number of hydrogen-bond acceptors (Lipinski definition) is 3. The first-order valence-corrected chi connectivity index (χ1v) is 7.36. The van der Waals surface area contributed by atoms with E-state index in [1.54, 1.807) is 31.4 Å². The summed E-state index contributed by atoms with van der Waals surface area (Å²) in [7, 11) is 1.56. The van der Waals surface area contributed by atoms with Gasteiger partial charge in [0.15, 0.2) is 0 Å². The quantitative estimate of drug-likeness (QED) is 0.685. The van der Waals surface area contributed by atoms with Gasteiger partial charge in [-0.15, -0.1) is 0 Å². The van der Waals surface area contributed by atoms with Gasteiger partial charge in [0.05, 0.1) is 7.11 Å². The molecule has 0 aliphatic heterocycles. The van der Waals surface area contributed by atoms with E-state index in [1.807, 2.05) is 0 Å². The maximum atomic E-state index is 11.9. The largest absolute Gasteiger partial charge is 0.497 e. The third-order valence-electron chi connectivity index (χ3n) is 3.07. The second kappa shape index (κ2) is 9.80. The maximum absolute atomic E-state index is 11.9. The van der Waals surface area contributed by atoms with Crippen LogP contribution in [0.3, 0.4) is 0 Å². The molecule has 116 valence electrons. The number of rotatable bonds is 9. The van der Waals surface area contributed by atoms with Crippen LogP contribution in [0.1, 0.15) is 43.0 Å². The number of ether oxygens (including phenoxy) is 1. The maximum Gasteiger partial charge on any atom is 0.251 e. The first-order valence-electron chi connectivity index (χ1n) is 7.36. The highest BCUT2D eigenvalue weighted by Gasteiger charge is 2.07. The van der Waals surface area contributed by atoms with Crippen molar-refractivity contribution in [3.8, 4) is 5.75 Å². The Bertz CT molecular complexity index is 461. The van der Waals surface area contributed by atoms with Gasteiger partial charge in [0, 0.05) is 25.1 Å². The number of nitrogens with one attached hydrogen (secondary N) is 2. The van der Waals surface area contributed by atoms with Gasteiger partial charge in [-0.25, -0.2) is 0 Å².